The van der Waals surface area contributed by atoms with Crippen molar-refractivity contribution in [1.82, 2.24) is 0 Å². The van der Waals surface area contributed by atoms with Crippen LogP contribution in [0.3, 0.4) is 0 Å². The Morgan fingerprint density at radius 1 is 0.900 bits per heavy atom. The van der Waals surface area contributed by atoms with Gasteiger partial charge >= 0.3 is 5.97 Å². The van der Waals surface area contributed by atoms with Gasteiger partial charge in [-0.05, 0) is 29.8 Å². The lowest BCUT2D eigenvalue weighted by Crippen LogP contribution is -2.26. The predicted octanol–water partition coefficient (Wildman–Crippen LogP) is 4.38. The zero-order chi connectivity index (χ0) is 21.3. The van der Waals surface area contributed by atoms with Crippen LogP contribution in [-0.4, -0.2) is 26.1 Å². The Morgan fingerprint density at radius 2 is 1.67 bits per heavy atom. The van der Waals surface area contributed by atoms with Gasteiger partial charge in [0.2, 0.25) is 6.10 Å². The SMILES string of the molecule is COCc1cccc(C(=O)O[C@@H](C(=O)Nc2cccc(OC)c2)c2ccccc2)c1. The van der Waals surface area contributed by atoms with E-state index >= 15 is 0 Å². The summed E-state index contributed by atoms with van der Waals surface area (Å²) < 4.78 is 15.9. The third-order valence-corrected chi connectivity index (χ3v) is 4.38. The number of esters is 1. The lowest BCUT2D eigenvalue weighted by Gasteiger charge is -2.18. The Bertz CT molecular complexity index is 1000. The normalized spacial score (nSPS) is 11.4. The maximum Gasteiger partial charge on any atom is 0.339 e. The number of hydrogen-bond acceptors (Lipinski definition) is 5. The summed E-state index contributed by atoms with van der Waals surface area (Å²) in [6.45, 7) is 0.375. The van der Waals surface area contributed by atoms with Gasteiger partial charge in [0.25, 0.3) is 5.91 Å². The summed E-state index contributed by atoms with van der Waals surface area (Å²) >= 11 is 0. The van der Waals surface area contributed by atoms with E-state index < -0.39 is 18.0 Å². The second kappa shape index (κ2) is 10.2. The third-order valence-electron chi connectivity index (χ3n) is 4.38. The summed E-state index contributed by atoms with van der Waals surface area (Å²) in [5, 5.41) is 2.79. The van der Waals surface area contributed by atoms with Crippen molar-refractivity contribution >= 4 is 17.6 Å². The average Bonchev–Trinajstić information content (AvgIpc) is 2.78. The molecule has 1 N–H and O–H groups in total. The number of amides is 1. The molecule has 3 aromatic carbocycles. The summed E-state index contributed by atoms with van der Waals surface area (Å²) in [5.74, 6) is -0.450. The highest BCUT2D eigenvalue weighted by molar-refractivity contribution is 5.98. The summed E-state index contributed by atoms with van der Waals surface area (Å²) in [5.41, 5.74) is 2.29. The first-order chi connectivity index (χ1) is 14.6. The molecule has 0 spiro atoms. The number of nitrogens with one attached hydrogen (secondary N) is 1. The Kier molecular flexibility index (Phi) is 7.19. The molecule has 0 bridgehead atoms. The Hall–Kier alpha value is -3.64. The number of benzene rings is 3. The highest BCUT2D eigenvalue weighted by Crippen LogP contribution is 2.23. The number of carbonyl (C=O) groups is 2. The fourth-order valence-corrected chi connectivity index (χ4v) is 2.94. The zero-order valence-electron chi connectivity index (χ0n) is 16.8. The molecule has 0 saturated heterocycles. The van der Waals surface area contributed by atoms with Gasteiger partial charge in [-0.2, -0.15) is 0 Å². The third kappa shape index (κ3) is 5.46. The summed E-state index contributed by atoms with van der Waals surface area (Å²) in [4.78, 5) is 25.8. The van der Waals surface area contributed by atoms with E-state index in [1.54, 1.807) is 80.9 Å². The van der Waals surface area contributed by atoms with Crippen LogP contribution in [0.25, 0.3) is 0 Å². The molecule has 0 aliphatic heterocycles. The van der Waals surface area contributed by atoms with Crippen LogP contribution < -0.4 is 10.1 Å². The Morgan fingerprint density at radius 3 is 2.40 bits per heavy atom. The van der Waals surface area contributed by atoms with E-state index in [4.69, 9.17) is 14.2 Å². The van der Waals surface area contributed by atoms with Gasteiger partial charge in [-0.1, -0.05) is 48.5 Å². The van der Waals surface area contributed by atoms with E-state index in [1.807, 2.05) is 12.1 Å². The molecule has 1 atom stereocenters. The van der Waals surface area contributed by atoms with Gasteiger partial charge < -0.3 is 19.5 Å². The fraction of sp³-hybridized carbons (Fsp3) is 0.167. The monoisotopic (exact) mass is 405 g/mol. The molecular formula is C24H23NO5. The minimum atomic E-state index is -1.11. The Balaban J connectivity index is 1.83. The van der Waals surface area contributed by atoms with Gasteiger partial charge in [0.15, 0.2) is 0 Å². The van der Waals surface area contributed by atoms with E-state index in [9.17, 15) is 9.59 Å². The molecule has 0 radical (unpaired) electrons. The van der Waals surface area contributed by atoms with E-state index in [1.165, 1.54) is 0 Å². The number of ether oxygens (including phenoxy) is 3. The molecule has 1 amide bonds. The van der Waals surface area contributed by atoms with Crippen molar-refractivity contribution in [3.05, 3.63) is 95.6 Å². The molecule has 154 valence electrons. The van der Waals surface area contributed by atoms with Crippen LogP contribution >= 0.6 is 0 Å². The van der Waals surface area contributed by atoms with Crippen molar-refractivity contribution in [2.75, 3.05) is 19.5 Å². The van der Waals surface area contributed by atoms with E-state index in [-0.39, 0.29) is 0 Å². The smallest absolute Gasteiger partial charge is 0.339 e. The van der Waals surface area contributed by atoms with Crippen molar-refractivity contribution in [2.45, 2.75) is 12.7 Å². The molecular weight excluding hydrogens is 382 g/mol. The molecule has 0 aliphatic rings. The maximum absolute atomic E-state index is 13.0. The number of rotatable bonds is 8. The van der Waals surface area contributed by atoms with Crippen LogP contribution in [0.15, 0.2) is 78.9 Å². The van der Waals surface area contributed by atoms with Gasteiger partial charge in [-0.3, -0.25) is 4.79 Å². The van der Waals surface area contributed by atoms with Gasteiger partial charge in [-0.15, -0.1) is 0 Å². The number of carbonyl (C=O) groups excluding carboxylic acids is 2. The summed E-state index contributed by atoms with van der Waals surface area (Å²) in [6, 6.07) is 22.8. The van der Waals surface area contributed by atoms with E-state index in [0.29, 0.717) is 29.2 Å². The predicted molar refractivity (Wildman–Crippen MR) is 113 cm³/mol. The zero-order valence-corrected chi connectivity index (χ0v) is 16.8. The average molecular weight is 405 g/mol. The van der Waals surface area contributed by atoms with Crippen molar-refractivity contribution in [2.24, 2.45) is 0 Å². The summed E-state index contributed by atoms with van der Waals surface area (Å²) in [6.07, 6.45) is -1.11. The van der Waals surface area contributed by atoms with Crippen LogP contribution in [0.5, 0.6) is 5.75 Å². The second-order valence-electron chi connectivity index (χ2n) is 6.55. The lowest BCUT2D eigenvalue weighted by molar-refractivity contribution is -0.125. The van der Waals surface area contributed by atoms with Crippen LogP contribution in [0.2, 0.25) is 0 Å². The van der Waals surface area contributed by atoms with Crippen LogP contribution in [0.1, 0.15) is 27.6 Å². The first kappa shape index (κ1) is 21.1. The highest BCUT2D eigenvalue weighted by Gasteiger charge is 2.26. The quantitative estimate of drug-likeness (QED) is 0.563. The lowest BCUT2D eigenvalue weighted by atomic mass is 10.1. The van der Waals surface area contributed by atoms with Crippen molar-refractivity contribution < 1.29 is 23.8 Å². The highest BCUT2D eigenvalue weighted by atomic mass is 16.5. The molecule has 0 aliphatic carbocycles. The molecule has 30 heavy (non-hydrogen) atoms. The minimum absolute atomic E-state index is 0.347. The van der Waals surface area contributed by atoms with Crippen LogP contribution in [-0.2, 0) is 20.9 Å². The van der Waals surface area contributed by atoms with Crippen LogP contribution in [0, 0.1) is 0 Å². The molecule has 0 fully saturated rings. The molecule has 0 unspecified atom stereocenters. The number of hydrogen-bond donors (Lipinski definition) is 1. The largest absolute Gasteiger partial charge is 0.497 e. The van der Waals surface area contributed by atoms with Crippen molar-refractivity contribution in [1.29, 1.82) is 0 Å². The molecule has 3 aromatic rings. The molecule has 0 aromatic heterocycles. The molecule has 0 heterocycles. The number of anilines is 1. The number of methoxy groups -OCH3 is 2. The first-order valence-electron chi connectivity index (χ1n) is 9.39. The van der Waals surface area contributed by atoms with E-state index in [2.05, 4.69) is 5.32 Å². The second-order valence-corrected chi connectivity index (χ2v) is 6.55. The van der Waals surface area contributed by atoms with Crippen molar-refractivity contribution in [3.63, 3.8) is 0 Å². The van der Waals surface area contributed by atoms with E-state index in [0.717, 1.165) is 5.56 Å². The molecule has 3 rings (SSSR count). The van der Waals surface area contributed by atoms with Gasteiger partial charge in [0.1, 0.15) is 5.75 Å². The van der Waals surface area contributed by atoms with Gasteiger partial charge in [-0.25, -0.2) is 4.79 Å². The molecule has 0 saturated carbocycles. The molecule has 6 heteroatoms. The van der Waals surface area contributed by atoms with Crippen molar-refractivity contribution in [3.8, 4) is 5.75 Å². The van der Waals surface area contributed by atoms with Crippen LogP contribution in [0.4, 0.5) is 5.69 Å². The minimum Gasteiger partial charge on any atom is -0.497 e. The summed E-state index contributed by atoms with van der Waals surface area (Å²) in [7, 11) is 3.13. The molecule has 6 nitrogen and oxygen atoms in total. The van der Waals surface area contributed by atoms with Gasteiger partial charge in [0.05, 0.1) is 19.3 Å². The fourth-order valence-electron chi connectivity index (χ4n) is 2.94. The topological polar surface area (TPSA) is 73.9 Å². The Labute approximate surface area is 175 Å². The maximum atomic E-state index is 13.0. The first-order valence-corrected chi connectivity index (χ1v) is 9.39. The van der Waals surface area contributed by atoms with Gasteiger partial charge in [0, 0.05) is 24.4 Å². The standard InChI is InChI=1S/C24H23NO5/c1-28-16-17-8-6-11-19(14-17)24(27)30-22(18-9-4-3-5-10-18)23(26)25-20-12-7-13-21(15-20)29-2/h3-15,22H,16H2,1-2H3,(H,25,26)/t22-/m1/s1.